The van der Waals surface area contributed by atoms with Crippen molar-refractivity contribution in [2.45, 2.75) is 84.3 Å². The van der Waals surface area contributed by atoms with Crippen molar-refractivity contribution in [3.63, 3.8) is 0 Å². The van der Waals surface area contributed by atoms with Gasteiger partial charge in [0.05, 0.1) is 6.04 Å². The first kappa shape index (κ1) is 30.2. The summed E-state index contributed by atoms with van der Waals surface area (Å²) in [5, 5.41) is 5.54. The van der Waals surface area contributed by atoms with Gasteiger partial charge in [-0.25, -0.2) is 4.79 Å². The number of benzene rings is 1. The van der Waals surface area contributed by atoms with E-state index < -0.39 is 24.5 Å². The Bertz CT molecular complexity index is 733. The number of nitrogens with one attached hydrogen (secondary N) is 2. The van der Waals surface area contributed by atoms with Gasteiger partial charge in [0, 0.05) is 19.8 Å². The fraction of sp³-hybridized carbons (Fsp3) is 0.640. The molecule has 0 aliphatic carbocycles. The van der Waals surface area contributed by atoms with Crippen LogP contribution >= 0.6 is 0 Å². The number of carbonyl (C=O) groups is 2. The zero-order chi connectivity index (χ0) is 25.9. The molecule has 35 heavy (non-hydrogen) atoms. The largest absolute Gasteiger partial charge is 0.445 e. The average molecular weight is 494 g/mol. The van der Waals surface area contributed by atoms with Gasteiger partial charge < -0.3 is 36.3 Å². The molecule has 10 nitrogen and oxygen atoms in total. The van der Waals surface area contributed by atoms with Gasteiger partial charge in [-0.15, -0.1) is 0 Å². The maximum atomic E-state index is 12.9. The number of unbranched alkanes of at least 4 members (excludes halogenated alkanes) is 2. The van der Waals surface area contributed by atoms with Gasteiger partial charge in [0.15, 0.2) is 12.2 Å². The second-order valence-corrected chi connectivity index (χ2v) is 8.31. The highest BCUT2D eigenvalue weighted by Gasteiger charge is 2.27. The predicted molar refractivity (Wildman–Crippen MR) is 137 cm³/mol. The molecule has 6 N–H and O–H groups in total. The molecule has 0 bridgehead atoms. The number of amides is 2. The Morgan fingerprint density at radius 3 is 2.17 bits per heavy atom. The first-order valence-electron chi connectivity index (χ1n) is 12.4. The van der Waals surface area contributed by atoms with Crippen LogP contribution in [-0.2, 0) is 25.6 Å². The molecular weight excluding hydrogens is 450 g/mol. The number of aliphatic imine (C=N–C) groups is 1. The molecule has 0 aliphatic heterocycles. The van der Waals surface area contributed by atoms with Crippen molar-refractivity contribution < 1.29 is 23.8 Å². The van der Waals surface area contributed by atoms with E-state index in [-0.39, 0.29) is 18.5 Å². The summed E-state index contributed by atoms with van der Waals surface area (Å²) in [6, 6.07) is 8.07. The topological polar surface area (TPSA) is 150 Å². The van der Waals surface area contributed by atoms with Crippen LogP contribution in [0, 0.1) is 0 Å². The van der Waals surface area contributed by atoms with E-state index in [9.17, 15) is 9.59 Å². The van der Waals surface area contributed by atoms with Crippen molar-refractivity contribution >= 4 is 18.0 Å². The number of guanidine groups is 1. The minimum atomic E-state index is -0.814. The third kappa shape index (κ3) is 14.2. The molecule has 1 aromatic carbocycles. The maximum absolute atomic E-state index is 12.9. The standard InChI is InChI=1S/C25H43N5O5/c1-4-6-16-33-23(34-17-7-5-2)21(14-11-15-28-24(26)27)30-22(31)19(3)29-25(32)35-18-20-12-9-8-10-13-20/h8-10,12-13,19,21,23H,4-7,11,14-18H2,1-3H3,(H,29,32)(H,30,31)(H4,26,27,28)/t19-,21-/m0/s1. The Balaban J connectivity index is 2.73. The SMILES string of the molecule is CCCCOC(OCCCC)[C@H](CCCN=C(N)N)NC(=O)[C@H](C)NC(=O)OCc1ccccc1. The number of hydrogen-bond acceptors (Lipinski definition) is 6. The highest BCUT2D eigenvalue weighted by Crippen LogP contribution is 2.12. The molecule has 198 valence electrons. The normalized spacial score (nSPS) is 12.6. The number of hydrogen-bond donors (Lipinski definition) is 4. The van der Waals surface area contributed by atoms with Gasteiger partial charge in [0.25, 0.3) is 0 Å². The summed E-state index contributed by atoms with van der Waals surface area (Å²) in [6.45, 7) is 7.34. The highest BCUT2D eigenvalue weighted by molar-refractivity contribution is 5.85. The third-order valence-electron chi connectivity index (χ3n) is 5.12. The number of nitrogens with two attached hydrogens (primary N) is 2. The van der Waals surface area contributed by atoms with Crippen molar-refractivity contribution in [2.75, 3.05) is 19.8 Å². The predicted octanol–water partition coefficient (Wildman–Crippen LogP) is 2.80. The number of nitrogens with zero attached hydrogens (tertiary/aromatic N) is 1. The van der Waals surface area contributed by atoms with E-state index >= 15 is 0 Å². The highest BCUT2D eigenvalue weighted by atomic mass is 16.7. The molecule has 0 radical (unpaired) electrons. The quantitative estimate of drug-likeness (QED) is 0.106. The van der Waals surface area contributed by atoms with Crippen molar-refractivity contribution in [2.24, 2.45) is 16.5 Å². The molecule has 1 aromatic rings. The van der Waals surface area contributed by atoms with Crippen LogP contribution in [0.5, 0.6) is 0 Å². The number of carbonyl (C=O) groups excluding carboxylic acids is 2. The van der Waals surface area contributed by atoms with Crippen molar-refractivity contribution in [3.05, 3.63) is 35.9 Å². The molecule has 0 aliphatic rings. The van der Waals surface area contributed by atoms with Crippen LogP contribution in [-0.4, -0.2) is 56.1 Å². The molecule has 0 aromatic heterocycles. The van der Waals surface area contributed by atoms with E-state index in [0.717, 1.165) is 31.2 Å². The molecule has 2 atom stereocenters. The molecule has 0 unspecified atom stereocenters. The third-order valence-corrected chi connectivity index (χ3v) is 5.12. The molecular formula is C25H43N5O5. The second kappa shape index (κ2) is 18.5. The van der Waals surface area contributed by atoms with Gasteiger partial charge in [-0.3, -0.25) is 9.79 Å². The van der Waals surface area contributed by atoms with Gasteiger partial charge in [0.1, 0.15) is 12.6 Å². The van der Waals surface area contributed by atoms with E-state index in [4.69, 9.17) is 25.7 Å². The summed E-state index contributed by atoms with van der Waals surface area (Å²) >= 11 is 0. The van der Waals surface area contributed by atoms with Crippen LogP contribution in [0.15, 0.2) is 35.3 Å². The van der Waals surface area contributed by atoms with Gasteiger partial charge in [-0.2, -0.15) is 0 Å². The van der Waals surface area contributed by atoms with Gasteiger partial charge in [-0.1, -0.05) is 57.0 Å². The Kier molecular flexibility index (Phi) is 15.9. The lowest BCUT2D eigenvalue weighted by Gasteiger charge is -2.29. The Labute approximate surface area is 209 Å². The molecule has 1 rings (SSSR count). The summed E-state index contributed by atoms with van der Waals surface area (Å²) in [7, 11) is 0. The lowest BCUT2D eigenvalue weighted by molar-refractivity contribution is -0.165. The number of rotatable bonds is 18. The van der Waals surface area contributed by atoms with Gasteiger partial charge >= 0.3 is 6.09 Å². The monoisotopic (exact) mass is 493 g/mol. The minimum Gasteiger partial charge on any atom is -0.445 e. The zero-order valence-electron chi connectivity index (χ0n) is 21.3. The van der Waals surface area contributed by atoms with Gasteiger partial charge in [-0.05, 0) is 38.2 Å². The molecule has 0 saturated carbocycles. The maximum Gasteiger partial charge on any atom is 0.408 e. The molecule has 0 spiro atoms. The van der Waals surface area contributed by atoms with E-state index in [0.29, 0.717) is 32.6 Å². The lowest BCUT2D eigenvalue weighted by Crippen LogP contribution is -2.52. The van der Waals surface area contributed by atoms with E-state index in [1.807, 2.05) is 30.3 Å². The van der Waals surface area contributed by atoms with Crippen molar-refractivity contribution in [1.82, 2.24) is 10.6 Å². The van der Waals surface area contributed by atoms with Crippen LogP contribution in [0.25, 0.3) is 0 Å². The van der Waals surface area contributed by atoms with E-state index in [1.165, 1.54) is 0 Å². The van der Waals surface area contributed by atoms with Crippen molar-refractivity contribution in [3.8, 4) is 0 Å². The summed E-state index contributed by atoms with van der Waals surface area (Å²) in [4.78, 5) is 29.1. The fourth-order valence-corrected chi connectivity index (χ4v) is 3.08. The fourth-order valence-electron chi connectivity index (χ4n) is 3.08. The van der Waals surface area contributed by atoms with Crippen LogP contribution < -0.4 is 22.1 Å². The molecule has 0 saturated heterocycles. The number of alkyl carbamates (subject to hydrolysis) is 1. The smallest absolute Gasteiger partial charge is 0.408 e. The van der Waals surface area contributed by atoms with Crippen LogP contribution in [0.1, 0.15) is 64.9 Å². The van der Waals surface area contributed by atoms with Gasteiger partial charge in [0.2, 0.25) is 5.91 Å². The van der Waals surface area contributed by atoms with E-state index in [2.05, 4.69) is 29.5 Å². The minimum absolute atomic E-state index is 0.0207. The summed E-state index contributed by atoms with van der Waals surface area (Å²) in [5.41, 5.74) is 11.7. The first-order chi connectivity index (χ1) is 16.9. The molecule has 0 fully saturated rings. The summed E-state index contributed by atoms with van der Waals surface area (Å²) < 4.78 is 17.2. The second-order valence-electron chi connectivity index (χ2n) is 8.31. The first-order valence-corrected chi connectivity index (χ1v) is 12.4. The average Bonchev–Trinajstić information content (AvgIpc) is 2.84. The zero-order valence-corrected chi connectivity index (χ0v) is 21.3. The lowest BCUT2D eigenvalue weighted by atomic mass is 10.1. The van der Waals surface area contributed by atoms with E-state index in [1.54, 1.807) is 6.92 Å². The summed E-state index contributed by atoms with van der Waals surface area (Å²) in [6.07, 6.45) is 3.60. The van der Waals surface area contributed by atoms with Crippen LogP contribution in [0.3, 0.4) is 0 Å². The molecule has 10 heteroatoms. The van der Waals surface area contributed by atoms with Crippen LogP contribution in [0.4, 0.5) is 4.79 Å². The molecule has 2 amide bonds. The Morgan fingerprint density at radius 1 is 0.971 bits per heavy atom. The number of ether oxygens (including phenoxy) is 3. The molecule has 0 heterocycles. The summed E-state index contributed by atoms with van der Waals surface area (Å²) in [5.74, 6) is -0.343. The Morgan fingerprint density at radius 2 is 1.60 bits per heavy atom. The van der Waals surface area contributed by atoms with Crippen LogP contribution in [0.2, 0.25) is 0 Å². The Hall–Kier alpha value is -2.85. The van der Waals surface area contributed by atoms with Crippen molar-refractivity contribution in [1.29, 1.82) is 0 Å².